The van der Waals surface area contributed by atoms with Crippen molar-refractivity contribution in [2.24, 2.45) is 0 Å². The van der Waals surface area contributed by atoms with Crippen molar-refractivity contribution >= 4 is 24.2 Å². The molecule has 1 heterocycles. The molecule has 0 aliphatic rings. The van der Waals surface area contributed by atoms with Crippen LogP contribution in [0.5, 0.6) is 0 Å². The number of nitrogens with zero attached hydrogens (tertiary/aromatic N) is 3. The molecule has 100 valence electrons. The number of hydrogen-bond acceptors (Lipinski definition) is 3. The van der Waals surface area contributed by atoms with Crippen molar-refractivity contribution in [2.75, 3.05) is 0 Å². The van der Waals surface area contributed by atoms with Crippen LogP contribution in [0.2, 0.25) is 5.02 Å². The van der Waals surface area contributed by atoms with Gasteiger partial charge in [0, 0.05) is 17.3 Å². The van der Waals surface area contributed by atoms with E-state index in [0.717, 1.165) is 11.1 Å². The first-order valence-electron chi connectivity index (χ1n) is 6.15. The topological polar surface area (TPSA) is 30.7 Å². The number of benzene rings is 2. The Morgan fingerprint density at radius 2 is 1.65 bits per heavy atom. The molecule has 0 aliphatic carbocycles. The van der Waals surface area contributed by atoms with Gasteiger partial charge in [-0.05, 0) is 17.7 Å². The van der Waals surface area contributed by atoms with Crippen LogP contribution in [0.3, 0.4) is 0 Å². The van der Waals surface area contributed by atoms with E-state index >= 15 is 0 Å². The first-order valence-corrected chi connectivity index (χ1v) is 6.93. The largest absolute Gasteiger partial charge is 0.740 e. The minimum atomic E-state index is 0.462. The second kappa shape index (κ2) is 5.61. The van der Waals surface area contributed by atoms with E-state index in [1.54, 1.807) is 0 Å². The summed E-state index contributed by atoms with van der Waals surface area (Å²) in [6.45, 7) is 0.632. The summed E-state index contributed by atoms with van der Waals surface area (Å²) in [5, 5.41) is 9.27. The Morgan fingerprint density at radius 1 is 0.950 bits per heavy atom. The molecule has 0 saturated carbocycles. The maximum atomic E-state index is 6.23. The lowest BCUT2D eigenvalue weighted by Gasteiger charge is -2.13. The fraction of sp³-hybridized carbons (Fsp3) is 0.0667. The Hall–Kier alpha value is -1.91. The third-order valence-electron chi connectivity index (χ3n) is 3.02. The average molecular weight is 301 g/mol. The van der Waals surface area contributed by atoms with Crippen molar-refractivity contribution in [3.05, 3.63) is 65.2 Å². The SMILES string of the molecule is [S-]c1nnc(-c2ccccc2Cl)n1Cc1ccccc1. The maximum absolute atomic E-state index is 6.23. The molecule has 3 nitrogen and oxygen atoms in total. The van der Waals surface area contributed by atoms with Gasteiger partial charge in [-0.2, -0.15) is 5.10 Å². The number of hydrogen-bond donors (Lipinski definition) is 0. The highest BCUT2D eigenvalue weighted by molar-refractivity contribution is 7.58. The van der Waals surface area contributed by atoms with Crippen molar-refractivity contribution in [3.8, 4) is 11.4 Å². The molecule has 0 saturated heterocycles. The molecule has 1 aromatic heterocycles. The number of rotatable bonds is 3. The fourth-order valence-electron chi connectivity index (χ4n) is 2.04. The third-order valence-corrected chi connectivity index (χ3v) is 3.65. The van der Waals surface area contributed by atoms with E-state index in [9.17, 15) is 0 Å². The quantitative estimate of drug-likeness (QED) is 0.693. The highest BCUT2D eigenvalue weighted by atomic mass is 35.5. The smallest absolute Gasteiger partial charge is 0.164 e. The third kappa shape index (κ3) is 2.53. The van der Waals surface area contributed by atoms with Crippen LogP contribution >= 0.6 is 11.6 Å². The molecule has 20 heavy (non-hydrogen) atoms. The van der Waals surface area contributed by atoms with E-state index in [4.69, 9.17) is 24.2 Å². The van der Waals surface area contributed by atoms with Gasteiger partial charge in [-0.25, -0.2) is 0 Å². The summed E-state index contributed by atoms with van der Waals surface area (Å²) in [4.78, 5) is 0. The van der Waals surface area contributed by atoms with Gasteiger partial charge in [0.05, 0.1) is 5.02 Å². The normalized spacial score (nSPS) is 10.7. The summed E-state index contributed by atoms with van der Waals surface area (Å²) >= 11 is 11.5. The molecule has 0 unspecified atom stereocenters. The van der Waals surface area contributed by atoms with Gasteiger partial charge in [-0.1, -0.05) is 54.1 Å². The van der Waals surface area contributed by atoms with Crippen LogP contribution in [0.1, 0.15) is 5.56 Å². The van der Waals surface area contributed by atoms with Crippen molar-refractivity contribution < 1.29 is 0 Å². The van der Waals surface area contributed by atoms with E-state index in [0.29, 0.717) is 22.5 Å². The van der Waals surface area contributed by atoms with Crippen LogP contribution in [-0.4, -0.2) is 14.8 Å². The summed E-state index contributed by atoms with van der Waals surface area (Å²) in [7, 11) is 0. The van der Waals surface area contributed by atoms with E-state index in [-0.39, 0.29) is 0 Å². The summed E-state index contributed by atoms with van der Waals surface area (Å²) in [6.07, 6.45) is 0. The lowest BCUT2D eigenvalue weighted by molar-refractivity contribution is 0.717. The minimum absolute atomic E-state index is 0.462. The van der Waals surface area contributed by atoms with Crippen molar-refractivity contribution in [1.29, 1.82) is 0 Å². The standard InChI is InChI=1S/C15H12ClN3S/c16-13-9-5-4-8-12(13)14-17-18-15(20)19(14)10-11-6-2-1-3-7-11/h1-9H,10H2,(H,18,20)/p-1. The van der Waals surface area contributed by atoms with Gasteiger partial charge < -0.3 is 17.2 Å². The van der Waals surface area contributed by atoms with E-state index in [1.807, 2.05) is 59.2 Å². The van der Waals surface area contributed by atoms with Gasteiger partial charge in [0.25, 0.3) is 0 Å². The second-order valence-corrected chi connectivity index (χ2v) is 5.13. The summed E-state index contributed by atoms with van der Waals surface area (Å²) < 4.78 is 1.89. The first-order chi connectivity index (χ1) is 9.75. The minimum Gasteiger partial charge on any atom is -0.740 e. The molecule has 0 bridgehead atoms. The average Bonchev–Trinajstić information content (AvgIpc) is 2.82. The zero-order valence-corrected chi connectivity index (χ0v) is 12.1. The molecule has 5 heteroatoms. The predicted octanol–water partition coefficient (Wildman–Crippen LogP) is 3.55. The summed E-state index contributed by atoms with van der Waals surface area (Å²) in [6, 6.07) is 17.6. The zero-order valence-electron chi connectivity index (χ0n) is 10.5. The lowest BCUT2D eigenvalue weighted by Crippen LogP contribution is -2.04. The van der Waals surface area contributed by atoms with Crippen LogP contribution in [0.4, 0.5) is 0 Å². The van der Waals surface area contributed by atoms with Gasteiger partial charge >= 0.3 is 0 Å². The molecule has 2 aromatic carbocycles. The molecule has 0 radical (unpaired) electrons. The van der Waals surface area contributed by atoms with Crippen LogP contribution in [0, 0.1) is 0 Å². The van der Waals surface area contributed by atoms with Crippen molar-refractivity contribution in [1.82, 2.24) is 14.8 Å². The van der Waals surface area contributed by atoms with E-state index in [1.165, 1.54) is 0 Å². The molecular formula is C15H11ClN3S-. The molecule has 0 atom stereocenters. The fourth-order valence-corrected chi connectivity index (χ4v) is 2.45. The molecular weight excluding hydrogens is 290 g/mol. The van der Waals surface area contributed by atoms with E-state index in [2.05, 4.69) is 10.2 Å². The van der Waals surface area contributed by atoms with Crippen LogP contribution in [0.15, 0.2) is 59.8 Å². The van der Waals surface area contributed by atoms with Gasteiger partial charge in [0.2, 0.25) is 0 Å². The Bertz CT molecular complexity index is 725. The molecule has 0 fully saturated rings. The summed E-state index contributed by atoms with van der Waals surface area (Å²) in [5.74, 6) is 0.699. The highest BCUT2D eigenvalue weighted by Gasteiger charge is 2.11. The molecule has 0 amide bonds. The van der Waals surface area contributed by atoms with Gasteiger partial charge in [0.1, 0.15) is 0 Å². The molecule has 3 rings (SSSR count). The molecule has 3 aromatic rings. The van der Waals surface area contributed by atoms with E-state index < -0.39 is 0 Å². The van der Waals surface area contributed by atoms with Crippen molar-refractivity contribution in [2.45, 2.75) is 11.7 Å². The summed E-state index contributed by atoms with van der Waals surface area (Å²) in [5.41, 5.74) is 1.99. The Labute approximate surface area is 127 Å². The first kappa shape index (κ1) is 13.1. The Morgan fingerprint density at radius 3 is 2.40 bits per heavy atom. The van der Waals surface area contributed by atoms with Crippen molar-refractivity contribution in [3.63, 3.8) is 0 Å². The number of aromatic nitrogens is 3. The van der Waals surface area contributed by atoms with Gasteiger partial charge in [0.15, 0.2) is 5.82 Å². The maximum Gasteiger partial charge on any atom is 0.164 e. The van der Waals surface area contributed by atoms with Gasteiger partial charge in [-0.15, -0.1) is 5.10 Å². The molecule has 0 N–H and O–H groups in total. The van der Waals surface area contributed by atoms with Crippen LogP contribution in [0.25, 0.3) is 11.4 Å². The number of halogens is 1. The molecule has 0 spiro atoms. The monoisotopic (exact) mass is 300 g/mol. The highest BCUT2D eigenvalue weighted by Crippen LogP contribution is 2.27. The van der Waals surface area contributed by atoms with Crippen LogP contribution in [-0.2, 0) is 19.2 Å². The van der Waals surface area contributed by atoms with Crippen LogP contribution < -0.4 is 0 Å². The zero-order chi connectivity index (χ0) is 13.9. The Balaban J connectivity index is 2.04. The molecule has 0 aliphatic heterocycles. The lowest BCUT2D eigenvalue weighted by atomic mass is 10.2. The second-order valence-electron chi connectivity index (χ2n) is 4.36. The van der Waals surface area contributed by atoms with Gasteiger partial charge in [-0.3, -0.25) is 0 Å². The predicted molar refractivity (Wildman–Crippen MR) is 81.6 cm³/mol. The Kier molecular flexibility index (Phi) is 3.67.